The van der Waals surface area contributed by atoms with E-state index in [2.05, 4.69) is 10.3 Å². The number of carbonyl (C=O) groups is 1. The van der Waals surface area contributed by atoms with Gasteiger partial charge in [0.1, 0.15) is 0 Å². The van der Waals surface area contributed by atoms with Crippen LogP contribution in [0.5, 0.6) is 0 Å². The van der Waals surface area contributed by atoms with Crippen molar-refractivity contribution in [3.8, 4) is 5.69 Å². The number of hydrogen-bond donors (Lipinski definition) is 1. The number of benzene rings is 2. The Morgan fingerprint density at radius 3 is 2.27 bits per heavy atom. The summed E-state index contributed by atoms with van der Waals surface area (Å²) in [5, 5.41) is 2.92. The molecule has 2 aromatic carbocycles. The second-order valence-corrected chi connectivity index (χ2v) is 8.07. The van der Waals surface area contributed by atoms with E-state index in [0.29, 0.717) is 5.56 Å². The molecule has 1 aromatic heterocycles. The molecular formula is C19H19N3O3S. The Morgan fingerprint density at radius 1 is 1.08 bits per heavy atom. The molecule has 0 saturated heterocycles. The third kappa shape index (κ3) is 4.00. The standard InChI is InChI=1S/C19H19N3O3S/c1-14(15-3-7-17(8-4-15)22-12-11-20-13-22)21-19(23)16-5-9-18(10-6-16)26(2,24)25/h3-14H,1-2H3,(H,21,23)/t14-/m1/s1. The maximum absolute atomic E-state index is 12.4. The summed E-state index contributed by atoms with van der Waals surface area (Å²) < 4.78 is 24.9. The highest BCUT2D eigenvalue weighted by atomic mass is 32.2. The van der Waals surface area contributed by atoms with Gasteiger partial charge in [-0.3, -0.25) is 4.79 Å². The van der Waals surface area contributed by atoms with Gasteiger partial charge < -0.3 is 9.88 Å². The van der Waals surface area contributed by atoms with Crippen LogP contribution in [-0.2, 0) is 9.84 Å². The minimum absolute atomic E-state index is 0.186. The Kier molecular flexibility index (Phi) is 4.90. The number of carbonyl (C=O) groups excluding carboxylic acids is 1. The van der Waals surface area contributed by atoms with Crippen LogP contribution < -0.4 is 5.32 Å². The van der Waals surface area contributed by atoms with Crippen LogP contribution in [0.15, 0.2) is 72.1 Å². The van der Waals surface area contributed by atoms with Gasteiger partial charge in [-0.15, -0.1) is 0 Å². The van der Waals surface area contributed by atoms with E-state index in [-0.39, 0.29) is 16.8 Å². The number of nitrogens with zero attached hydrogens (tertiary/aromatic N) is 2. The lowest BCUT2D eigenvalue weighted by Crippen LogP contribution is -2.26. The zero-order valence-corrected chi connectivity index (χ0v) is 15.3. The van der Waals surface area contributed by atoms with Crippen molar-refractivity contribution < 1.29 is 13.2 Å². The zero-order chi connectivity index (χ0) is 18.7. The Labute approximate surface area is 152 Å². The summed E-state index contributed by atoms with van der Waals surface area (Å²) in [6.45, 7) is 1.90. The van der Waals surface area contributed by atoms with E-state index in [4.69, 9.17) is 0 Å². The lowest BCUT2D eigenvalue weighted by Gasteiger charge is -2.15. The van der Waals surface area contributed by atoms with E-state index < -0.39 is 9.84 Å². The summed E-state index contributed by atoms with van der Waals surface area (Å²) in [4.78, 5) is 16.6. The maximum atomic E-state index is 12.4. The molecule has 0 unspecified atom stereocenters. The second-order valence-electron chi connectivity index (χ2n) is 6.05. The van der Waals surface area contributed by atoms with Crippen molar-refractivity contribution in [2.75, 3.05) is 6.26 Å². The van der Waals surface area contributed by atoms with Gasteiger partial charge >= 0.3 is 0 Å². The fourth-order valence-corrected chi connectivity index (χ4v) is 3.19. The zero-order valence-electron chi connectivity index (χ0n) is 14.5. The van der Waals surface area contributed by atoms with Crippen molar-refractivity contribution in [3.05, 3.63) is 78.4 Å². The van der Waals surface area contributed by atoms with E-state index in [0.717, 1.165) is 17.5 Å². The fourth-order valence-electron chi connectivity index (χ4n) is 2.56. The fraction of sp³-hybridized carbons (Fsp3) is 0.158. The molecule has 1 N–H and O–H groups in total. The molecule has 1 amide bonds. The number of rotatable bonds is 5. The molecule has 0 fully saturated rings. The van der Waals surface area contributed by atoms with Gasteiger partial charge in [-0.2, -0.15) is 0 Å². The minimum Gasteiger partial charge on any atom is -0.346 e. The molecule has 0 aliphatic carbocycles. The first-order valence-electron chi connectivity index (χ1n) is 8.04. The number of hydrogen-bond acceptors (Lipinski definition) is 4. The maximum Gasteiger partial charge on any atom is 0.251 e. The van der Waals surface area contributed by atoms with Crippen molar-refractivity contribution in [2.45, 2.75) is 17.9 Å². The summed E-state index contributed by atoms with van der Waals surface area (Å²) in [7, 11) is -3.27. The SMILES string of the molecule is C[C@@H](NC(=O)c1ccc(S(C)(=O)=O)cc1)c1ccc(-n2ccnc2)cc1. The van der Waals surface area contributed by atoms with Crippen LogP contribution >= 0.6 is 0 Å². The summed E-state index contributed by atoms with van der Waals surface area (Å²) in [5.74, 6) is -0.253. The molecule has 0 bridgehead atoms. The Morgan fingerprint density at radius 2 is 1.73 bits per heavy atom. The van der Waals surface area contributed by atoms with Crippen LogP contribution in [0.1, 0.15) is 28.9 Å². The number of nitrogens with one attached hydrogen (secondary N) is 1. The van der Waals surface area contributed by atoms with Crippen molar-refractivity contribution in [2.24, 2.45) is 0 Å². The Balaban J connectivity index is 1.69. The molecule has 26 heavy (non-hydrogen) atoms. The van der Waals surface area contributed by atoms with Crippen molar-refractivity contribution >= 4 is 15.7 Å². The molecule has 3 aromatic rings. The molecule has 0 spiro atoms. The van der Waals surface area contributed by atoms with Crippen LogP contribution in [0.25, 0.3) is 5.69 Å². The van der Waals surface area contributed by atoms with Crippen LogP contribution in [0.3, 0.4) is 0 Å². The van der Waals surface area contributed by atoms with Gasteiger partial charge in [0.05, 0.1) is 17.3 Å². The van der Waals surface area contributed by atoms with Gasteiger partial charge in [-0.1, -0.05) is 12.1 Å². The van der Waals surface area contributed by atoms with Crippen molar-refractivity contribution in [3.63, 3.8) is 0 Å². The van der Waals surface area contributed by atoms with E-state index in [1.165, 1.54) is 24.3 Å². The van der Waals surface area contributed by atoms with Crippen LogP contribution in [-0.4, -0.2) is 30.1 Å². The van der Waals surface area contributed by atoms with Crippen molar-refractivity contribution in [1.29, 1.82) is 0 Å². The van der Waals surface area contributed by atoms with Gasteiger partial charge in [0.2, 0.25) is 0 Å². The molecular weight excluding hydrogens is 350 g/mol. The first-order chi connectivity index (χ1) is 12.3. The molecule has 134 valence electrons. The monoisotopic (exact) mass is 369 g/mol. The van der Waals surface area contributed by atoms with Crippen molar-refractivity contribution in [1.82, 2.24) is 14.9 Å². The number of imidazole rings is 1. The van der Waals surface area contributed by atoms with Gasteiger partial charge in [0.25, 0.3) is 5.91 Å². The van der Waals surface area contributed by atoms with Gasteiger partial charge in [0.15, 0.2) is 9.84 Å². The number of amides is 1. The van der Waals surface area contributed by atoms with Gasteiger partial charge in [0, 0.05) is 29.9 Å². The van der Waals surface area contributed by atoms with E-state index in [9.17, 15) is 13.2 Å². The molecule has 1 atom stereocenters. The number of aromatic nitrogens is 2. The summed E-state index contributed by atoms with van der Waals surface area (Å²) in [6.07, 6.45) is 6.43. The molecule has 0 aliphatic heterocycles. The summed E-state index contributed by atoms with van der Waals surface area (Å²) >= 11 is 0. The lowest BCUT2D eigenvalue weighted by molar-refractivity contribution is 0.0940. The Hall–Kier alpha value is -2.93. The highest BCUT2D eigenvalue weighted by Gasteiger charge is 2.13. The molecule has 3 rings (SSSR count). The second kappa shape index (κ2) is 7.13. The molecule has 1 heterocycles. The predicted molar refractivity (Wildman–Crippen MR) is 99.0 cm³/mol. The lowest BCUT2D eigenvalue weighted by atomic mass is 10.1. The van der Waals surface area contributed by atoms with Crippen LogP contribution in [0.2, 0.25) is 0 Å². The topological polar surface area (TPSA) is 81.1 Å². The minimum atomic E-state index is -3.27. The Bertz CT molecular complexity index is 993. The van der Waals surface area contributed by atoms with Gasteiger partial charge in [-0.25, -0.2) is 13.4 Å². The van der Waals surface area contributed by atoms with Crippen LogP contribution in [0, 0.1) is 0 Å². The molecule has 0 saturated carbocycles. The van der Waals surface area contributed by atoms with E-state index in [1.54, 1.807) is 12.5 Å². The van der Waals surface area contributed by atoms with Crippen LogP contribution in [0.4, 0.5) is 0 Å². The highest BCUT2D eigenvalue weighted by molar-refractivity contribution is 7.90. The molecule has 0 aliphatic rings. The first kappa shape index (κ1) is 17.9. The van der Waals surface area contributed by atoms with Gasteiger partial charge in [-0.05, 0) is 48.9 Å². The normalized spacial score (nSPS) is 12.5. The molecule has 7 heteroatoms. The predicted octanol–water partition coefficient (Wildman–Crippen LogP) is 2.77. The average molecular weight is 369 g/mol. The average Bonchev–Trinajstić information content (AvgIpc) is 3.16. The first-order valence-corrected chi connectivity index (χ1v) is 9.93. The van der Waals surface area contributed by atoms with E-state index >= 15 is 0 Å². The number of sulfone groups is 1. The summed E-state index contributed by atoms with van der Waals surface area (Å²) in [5.41, 5.74) is 2.37. The van der Waals surface area contributed by atoms with E-state index in [1.807, 2.05) is 42.0 Å². The third-order valence-electron chi connectivity index (χ3n) is 4.09. The molecule has 6 nitrogen and oxygen atoms in total. The molecule has 0 radical (unpaired) electrons. The third-order valence-corrected chi connectivity index (χ3v) is 5.22. The largest absolute Gasteiger partial charge is 0.346 e. The smallest absolute Gasteiger partial charge is 0.251 e. The quantitative estimate of drug-likeness (QED) is 0.750. The highest BCUT2D eigenvalue weighted by Crippen LogP contribution is 2.17. The summed E-state index contributed by atoms with van der Waals surface area (Å²) in [6, 6.07) is 13.5.